The second-order valence-corrected chi connectivity index (χ2v) is 5.92. The highest BCUT2D eigenvalue weighted by Crippen LogP contribution is 2.24. The highest BCUT2D eigenvalue weighted by Gasteiger charge is 2.30. The van der Waals surface area contributed by atoms with Crippen molar-refractivity contribution in [3.05, 3.63) is 24.2 Å². The van der Waals surface area contributed by atoms with Gasteiger partial charge in [-0.3, -0.25) is 9.80 Å². The molecule has 3 rings (SSSR count). The van der Waals surface area contributed by atoms with Gasteiger partial charge < -0.3 is 9.52 Å². The fourth-order valence-corrected chi connectivity index (χ4v) is 3.41. The SMILES string of the molecule is OCC1CCN(C2CCN(Cc3ccco3)CC2)C1. The van der Waals surface area contributed by atoms with Crippen LogP contribution < -0.4 is 0 Å². The van der Waals surface area contributed by atoms with E-state index in [9.17, 15) is 5.11 Å². The Morgan fingerprint density at radius 2 is 2.05 bits per heavy atom. The first-order chi connectivity index (χ1) is 9.35. The average Bonchev–Trinajstić information content (AvgIpc) is 3.10. The zero-order valence-corrected chi connectivity index (χ0v) is 11.5. The number of nitrogens with zero attached hydrogens (tertiary/aromatic N) is 2. The van der Waals surface area contributed by atoms with Gasteiger partial charge in [0.05, 0.1) is 12.8 Å². The van der Waals surface area contributed by atoms with Crippen LogP contribution in [0.1, 0.15) is 25.0 Å². The zero-order chi connectivity index (χ0) is 13.1. The van der Waals surface area contributed by atoms with Crippen LogP contribution in [0.4, 0.5) is 0 Å². The molecule has 1 unspecified atom stereocenters. The zero-order valence-electron chi connectivity index (χ0n) is 11.5. The number of hydrogen-bond donors (Lipinski definition) is 1. The van der Waals surface area contributed by atoms with Gasteiger partial charge in [0.15, 0.2) is 0 Å². The molecule has 2 fully saturated rings. The minimum Gasteiger partial charge on any atom is -0.468 e. The molecule has 4 nitrogen and oxygen atoms in total. The molecule has 4 heteroatoms. The predicted octanol–water partition coefficient (Wildman–Crippen LogP) is 1.56. The summed E-state index contributed by atoms with van der Waals surface area (Å²) < 4.78 is 5.41. The van der Waals surface area contributed by atoms with E-state index in [-0.39, 0.29) is 0 Å². The van der Waals surface area contributed by atoms with Crippen LogP contribution in [-0.2, 0) is 6.54 Å². The van der Waals surface area contributed by atoms with Crippen molar-refractivity contribution in [2.75, 3.05) is 32.8 Å². The Kier molecular flexibility index (Phi) is 4.21. The lowest BCUT2D eigenvalue weighted by molar-refractivity contribution is 0.111. The normalized spacial score (nSPS) is 27.1. The highest BCUT2D eigenvalue weighted by atomic mass is 16.3. The number of aliphatic hydroxyl groups is 1. The lowest BCUT2D eigenvalue weighted by Gasteiger charge is -2.36. The molecule has 1 atom stereocenters. The molecule has 1 N–H and O–H groups in total. The molecule has 0 bridgehead atoms. The quantitative estimate of drug-likeness (QED) is 0.896. The van der Waals surface area contributed by atoms with E-state index in [1.54, 1.807) is 6.26 Å². The Morgan fingerprint density at radius 3 is 2.68 bits per heavy atom. The van der Waals surface area contributed by atoms with Crippen LogP contribution in [0.25, 0.3) is 0 Å². The van der Waals surface area contributed by atoms with E-state index in [1.807, 2.05) is 6.07 Å². The molecule has 0 amide bonds. The molecular weight excluding hydrogens is 240 g/mol. The summed E-state index contributed by atoms with van der Waals surface area (Å²) >= 11 is 0. The molecule has 2 saturated heterocycles. The Balaban J connectivity index is 1.44. The first kappa shape index (κ1) is 13.2. The van der Waals surface area contributed by atoms with Crippen molar-refractivity contribution in [2.45, 2.75) is 31.8 Å². The first-order valence-electron chi connectivity index (χ1n) is 7.45. The predicted molar refractivity (Wildman–Crippen MR) is 73.8 cm³/mol. The van der Waals surface area contributed by atoms with Crippen molar-refractivity contribution < 1.29 is 9.52 Å². The molecule has 0 spiro atoms. The third-order valence-electron chi connectivity index (χ3n) is 4.61. The minimum atomic E-state index is 0.355. The van der Waals surface area contributed by atoms with Gasteiger partial charge in [-0.05, 0) is 43.9 Å². The van der Waals surface area contributed by atoms with Gasteiger partial charge in [0.2, 0.25) is 0 Å². The summed E-state index contributed by atoms with van der Waals surface area (Å²) in [5.41, 5.74) is 0. The number of likely N-dealkylation sites (tertiary alicyclic amines) is 2. The minimum absolute atomic E-state index is 0.355. The van der Waals surface area contributed by atoms with Crippen LogP contribution in [0.15, 0.2) is 22.8 Å². The van der Waals surface area contributed by atoms with Gasteiger partial charge in [-0.2, -0.15) is 0 Å². The molecule has 19 heavy (non-hydrogen) atoms. The molecule has 3 heterocycles. The van der Waals surface area contributed by atoms with Gasteiger partial charge in [-0.15, -0.1) is 0 Å². The maximum absolute atomic E-state index is 9.22. The van der Waals surface area contributed by atoms with E-state index < -0.39 is 0 Å². The van der Waals surface area contributed by atoms with Crippen molar-refractivity contribution in [2.24, 2.45) is 5.92 Å². The van der Waals surface area contributed by atoms with Crippen molar-refractivity contribution >= 4 is 0 Å². The standard InChI is InChI=1S/C15H24N2O2/c18-12-13-3-8-17(10-13)14-4-6-16(7-5-14)11-15-2-1-9-19-15/h1-2,9,13-14,18H,3-8,10-12H2. The number of furan rings is 1. The largest absolute Gasteiger partial charge is 0.468 e. The van der Waals surface area contributed by atoms with Gasteiger partial charge in [0.1, 0.15) is 5.76 Å². The third-order valence-corrected chi connectivity index (χ3v) is 4.61. The molecule has 0 radical (unpaired) electrons. The second-order valence-electron chi connectivity index (χ2n) is 5.92. The Morgan fingerprint density at radius 1 is 1.21 bits per heavy atom. The Hall–Kier alpha value is -0.840. The van der Waals surface area contributed by atoms with Crippen molar-refractivity contribution in [3.8, 4) is 0 Å². The van der Waals surface area contributed by atoms with Gasteiger partial charge in [0, 0.05) is 32.3 Å². The highest BCUT2D eigenvalue weighted by molar-refractivity contribution is 4.98. The van der Waals surface area contributed by atoms with E-state index in [0.717, 1.165) is 38.0 Å². The second kappa shape index (κ2) is 6.07. The van der Waals surface area contributed by atoms with Crippen molar-refractivity contribution in [1.82, 2.24) is 9.80 Å². The van der Waals surface area contributed by atoms with Crippen LogP contribution >= 0.6 is 0 Å². The summed E-state index contributed by atoms with van der Waals surface area (Å²) in [4.78, 5) is 5.07. The third kappa shape index (κ3) is 3.19. The maximum Gasteiger partial charge on any atom is 0.117 e. The average molecular weight is 264 g/mol. The number of rotatable bonds is 4. The van der Waals surface area contributed by atoms with Crippen molar-refractivity contribution in [3.63, 3.8) is 0 Å². The molecular formula is C15H24N2O2. The van der Waals surface area contributed by atoms with Crippen LogP contribution in [0.5, 0.6) is 0 Å². The summed E-state index contributed by atoms with van der Waals surface area (Å²) in [5.74, 6) is 1.58. The Bertz CT molecular complexity index is 372. The number of aliphatic hydroxyl groups excluding tert-OH is 1. The smallest absolute Gasteiger partial charge is 0.117 e. The molecule has 0 aliphatic carbocycles. The number of hydrogen-bond acceptors (Lipinski definition) is 4. The van der Waals surface area contributed by atoms with Crippen LogP contribution in [-0.4, -0.2) is 53.7 Å². The molecule has 0 saturated carbocycles. The van der Waals surface area contributed by atoms with Gasteiger partial charge in [0.25, 0.3) is 0 Å². The molecule has 0 aromatic carbocycles. The topological polar surface area (TPSA) is 39.9 Å². The van der Waals surface area contributed by atoms with E-state index in [4.69, 9.17) is 4.42 Å². The van der Waals surface area contributed by atoms with Gasteiger partial charge in [-0.25, -0.2) is 0 Å². The fourth-order valence-electron chi connectivity index (χ4n) is 3.41. The van der Waals surface area contributed by atoms with E-state index in [2.05, 4.69) is 15.9 Å². The molecule has 106 valence electrons. The summed E-state index contributed by atoms with van der Waals surface area (Å²) in [6.45, 7) is 5.89. The fraction of sp³-hybridized carbons (Fsp3) is 0.733. The lowest BCUT2D eigenvalue weighted by atomic mass is 10.0. The number of piperidine rings is 1. The Labute approximate surface area is 115 Å². The summed E-state index contributed by atoms with van der Waals surface area (Å²) in [5, 5.41) is 9.22. The summed E-state index contributed by atoms with van der Waals surface area (Å²) in [6.07, 6.45) is 5.42. The molecule has 2 aliphatic rings. The van der Waals surface area contributed by atoms with Gasteiger partial charge >= 0.3 is 0 Å². The monoisotopic (exact) mass is 264 g/mol. The van der Waals surface area contributed by atoms with Crippen LogP contribution in [0, 0.1) is 5.92 Å². The summed E-state index contributed by atoms with van der Waals surface area (Å²) in [7, 11) is 0. The molecule has 1 aromatic heterocycles. The maximum atomic E-state index is 9.22. The van der Waals surface area contributed by atoms with Crippen LogP contribution in [0.3, 0.4) is 0 Å². The first-order valence-corrected chi connectivity index (χ1v) is 7.45. The van der Waals surface area contributed by atoms with E-state index in [0.29, 0.717) is 12.5 Å². The molecule has 1 aromatic rings. The van der Waals surface area contributed by atoms with Gasteiger partial charge in [-0.1, -0.05) is 0 Å². The summed E-state index contributed by atoms with van der Waals surface area (Å²) in [6, 6.07) is 4.74. The van der Waals surface area contributed by atoms with Crippen molar-refractivity contribution in [1.29, 1.82) is 0 Å². The van der Waals surface area contributed by atoms with Crippen LogP contribution in [0.2, 0.25) is 0 Å². The lowest BCUT2D eigenvalue weighted by Crippen LogP contribution is -2.43. The van der Waals surface area contributed by atoms with E-state index in [1.165, 1.54) is 25.8 Å². The molecule has 2 aliphatic heterocycles. The van der Waals surface area contributed by atoms with E-state index >= 15 is 0 Å².